The van der Waals surface area contributed by atoms with Crippen molar-refractivity contribution < 1.29 is 9.90 Å². The number of rotatable bonds is 3. The first-order chi connectivity index (χ1) is 7.66. The van der Waals surface area contributed by atoms with Gasteiger partial charge in [-0.05, 0) is 43.4 Å². The molecule has 2 heteroatoms. The molecule has 92 valence electrons. The number of aliphatic carboxylic acids is 1. The molecular weight excluding hydrogens is 200 g/mol. The van der Waals surface area contributed by atoms with Gasteiger partial charge in [0.05, 0.1) is 5.92 Å². The van der Waals surface area contributed by atoms with Gasteiger partial charge in [0, 0.05) is 0 Å². The third kappa shape index (κ3) is 2.78. The molecule has 2 aliphatic rings. The normalized spacial score (nSPS) is 36.4. The van der Waals surface area contributed by atoms with Gasteiger partial charge < -0.3 is 5.11 Å². The molecule has 2 aliphatic carbocycles. The summed E-state index contributed by atoms with van der Waals surface area (Å²) in [7, 11) is 0. The molecule has 0 spiro atoms. The summed E-state index contributed by atoms with van der Waals surface area (Å²) in [4.78, 5) is 11.2. The molecule has 2 rings (SSSR count). The van der Waals surface area contributed by atoms with Gasteiger partial charge in [0.25, 0.3) is 0 Å². The number of hydrogen-bond donors (Lipinski definition) is 1. The van der Waals surface area contributed by atoms with E-state index in [0.29, 0.717) is 5.92 Å². The smallest absolute Gasteiger partial charge is 0.306 e. The molecule has 3 atom stereocenters. The molecule has 0 saturated heterocycles. The van der Waals surface area contributed by atoms with E-state index >= 15 is 0 Å². The predicted octanol–water partition coefficient (Wildman–Crippen LogP) is 3.70. The van der Waals surface area contributed by atoms with Crippen molar-refractivity contribution in [3.05, 3.63) is 0 Å². The van der Waals surface area contributed by atoms with Crippen LogP contribution in [0.15, 0.2) is 0 Å². The molecule has 0 aromatic heterocycles. The third-order valence-electron chi connectivity index (χ3n) is 4.67. The Bertz CT molecular complexity index is 243. The Morgan fingerprint density at radius 1 is 1.19 bits per heavy atom. The second-order valence-electron chi connectivity index (χ2n) is 6.01. The molecule has 0 radical (unpaired) electrons. The fourth-order valence-electron chi connectivity index (χ4n) is 3.76. The highest BCUT2D eigenvalue weighted by atomic mass is 16.4. The quantitative estimate of drug-likeness (QED) is 0.793. The fourth-order valence-corrected chi connectivity index (χ4v) is 3.76. The minimum atomic E-state index is -0.546. The van der Waals surface area contributed by atoms with E-state index in [1.165, 1.54) is 32.1 Å². The largest absolute Gasteiger partial charge is 0.481 e. The first-order valence-corrected chi connectivity index (χ1v) is 6.89. The number of hydrogen-bond acceptors (Lipinski definition) is 1. The van der Waals surface area contributed by atoms with Crippen molar-refractivity contribution in [3.63, 3.8) is 0 Å². The summed E-state index contributed by atoms with van der Waals surface area (Å²) in [5.41, 5.74) is 0. The Labute approximate surface area is 98.4 Å². The second kappa shape index (κ2) is 5.20. The van der Waals surface area contributed by atoms with Gasteiger partial charge in [0.15, 0.2) is 0 Å². The summed E-state index contributed by atoms with van der Waals surface area (Å²) >= 11 is 0. The fraction of sp³-hybridized carbons (Fsp3) is 0.929. The van der Waals surface area contributed by atoms with E-state index in [2.05, 4.69) is 6.92 Å². The summed E-state index contributed by atoms with van der Waals surface area (Å²) in [6.07, 6.45) is 9.77. The first-order valence-electron chi connectivity index (χ1n) is 6.89. The van der Waals surface area contributed by atoms with Crippen LogP contribution < -0.4 is 0 Å². The molecule has 0 bridgehead atoms. The molecule has 2 nitrogen and oxygen atoms in total. The lowest BCUT2D eigenvalue weighted by molar-refractivity contribution is -0.145. The van der Waals surface area contributed by atoms with Gasteiger partial charge >= 0.3 is 5.97 Å². The van der Waals surface area contributed by atoms with Gasteiger partial charge in [-0.2, -0.15) is 0 Å². The molecule has 2 saturated carbocycles. The van der Waals surface area contributed by atoms with Crippen LogP contribution in [-0.2, 0) is 4.79 Å². The van der Waals surface area contributed by atoms with E-state index in [0.717, 1.165) is 31.1 Å². The molecule has 0 aromatic carbocycles. The average Bonchev–Trinajstić information content (AvgIpc) is 2.70. The number of carbonyl (C=O) groups is 1. The maximum atomic E-state index is 11.2. The van der Waals surface area contributed by atoms with Gasteiger partial charge in [-0.1, -0.05) is 32.6 Å². The lowest BCUT2D eigenvalue weighted by Gasteiger charge is -2.33. The van der Waals surface area contributed by atoms with E-state index in [1.54, 1.807) is 0 Å². The van der Waals surface area contributed by atoms with E-state index in [4.69, 9.17) is 0 Å². The first kappa shape index (κ1) is 11.9. The van der Waals surface area contributed by atoms with Crippen LogP contribution in [0.1, 0.15) is 58.3 Å². The Balaban J connectivity index is 1.93. The van der Waals surface area contributed by atoms with Gasteiger partial charge in [-0.15, -0.1) is 0 Å². The van der Waals surface area contributed by atoms with Crippen molar-refractivity contribution in [1.29, 1.82) is 0 Å². The molecule has 1 N–H and O–H groups in total. The summed E-state index contributed by atoms with van der Waals surface area (Å²) in [5.74, 6) is 1.44. The minimum Gasteiger partial charge on any atom is -0.481 e. The summed E-state index contributed by atoms with van der Waals surface area (Å²) in [5, 5.41) is 9.27. The molecule has 16 heavy (non-hydrogen) atoms. The molecule has 0 aromatic rings. The van der Waals surface area contributed by atoms with Gasteiger partial charge in [0.2, 0.25) is 0 Å². The Morgan fingerprint density at radius 2 is 1.88 bits per heavy atom. The van der Waals surface area contributed by atoms with E-state index in [9.17, 15) is 9.90 Å². The number of carboxylic acids is 1. The van der Waals surface area contributed by atoms with Crippen molar-refractivity contribution >= 4 is 5.97 Å². The van der Waals surface area contributed by atoms with E-state index in [1.807, 2.05) is 0 Å². The minimum absolute atomic E-state index is 0.0446. The SMILES string of the molecule is CC1CCC(C(=O)O)C(CC2CCCC2)C1. The maximum Gasteiger partial charge on any atom is 0.306 e. The topological polar surface area (TPSA) is 37.3 Å². The van der Waals surface area contributed by atoms with Crippen LogP contribution in [0.3, 0.4) is 0 Å². The van der Waals surface area contributed by atoms with Crippen molar-refractivity contribution in [2.75, 3.05) is 0 Å². The summed E-state index contributed by atoms with van der Waals surface area (Å²) < 4.78 is 0. The zero-order chi connectivity index (χ0) is 11.5. The van der Waals surface area contributed by atoms with Crippen molar-refractivity contribution in [2.45, 2.75) is 58.3 Å². The van der Waals surface area contributed by atoms with Crippen LogP contribution in [0, 0.1) is 23.7 Å². The lowest BCUT2D eigenvalue weighted by atomic mass is 9.71. The Morgan fingerprint density at radius 3 is 2.50 bits per heavy atom. The third-order valence-corrected chi connectivity index (χ3v) is 4.67. The highest BCUT2D eigenvalue weighted by Crippen LogP contribution is 2.41. The zero-order valence-corrected chi connectivity index (χ0v) is 10.3. The van der Waals surface area contributed by atoms with Crippen LogP contribution in [0.5, 0.6) is 0 Å². The molecule has 0 heterocycles. The van der Waals surface area contributed by atoms with Crippen LogP contribution in [0.2, 0.25) is 0 Å². The predicted molar refractivity (Wildman–Crippen MR) is 64.2 cm³/mol. The summed E-state index contributed by atoms with van der Waals surface area (Å²) in [6, 6.07) is 0. The van der Waals surface area contributed by atoms with Crippen molar-refractivity contribution in [3.8, 4) is 0 Å². The van der Waals surface area contributed by atoms with Gasteiger partial charge in [-0.3, -0.25) is 4.79 Å². The highest BCUT2D eigenvalue weighted by Gasteiger charge is 2.35. The van der Waals surface area contributed by atoms with Gasteiger partial charge in [-0.25, -0.2) is 0 Å². The summed E-state index contributed by atoms with van der Waals surface area (Å²) in [6.45, 7) is 2.28. The van der Waals surface area contributed by atoms with Crippen molar-refractivity contribution in [2.24, 2.45) is 23.7 Å². The van der Waals surface area contributed by atoms with Crippen LogP contribution in [0.4, 0.5) is 0 Å². The van der Waals surface area contributed by atoms with Gasteiger partial charge in [0.1, 0.15) is 0 Å². The highest BCUT2D eigenvalue weighted by molar-refractivity contribution is 5.70. The molecular formula is C14H24O2. The molecule has 0 amide bonds. The molecule has 0 aliphatic heterocycles. The average molecular weight is 224 g/mol. The van der Waals surface area contributed by atoms with E-state index in [-0.39, 0.29) is 5.92 Å². The van der Waals surface area contributed by atoms with Crippen LogP contribution >= 0.6 is 0 Å². The number of carboxylic acid groups (broad SMARTS) is 1. The lowest BCUT2D eigenvalue weighted by Crippen LogP contribution is -2.31. The Kier molecular flexibility index (Phi) is 3.88. The van der Waals surface area contributed by atoms with Crippen molar-refractivity contribution in [1.82, 2.24) is 0 Å². The second-order valence-corrected chi connectivity index (χ2v) is 6.01. The maximum absolute atomic E-state index is 11.2. The standard InChI is InChI=1S/C14H24O2/c1-10-6-7-13(14(15)16)12(8-10)9-11-4-2-3-5-11/h10-13H,2-9H2,1H3,(H,15,16). The van der Waals surface area contributed by atoms with Crippen LogP contribution in [-0.4, -0.2) is 11.1 Å². The molecule has 3 unspecified atom stereocenters. The molecule has 2 fully saturated rings. The monoisotopic (exact) mass is 224 g/mol. The zero-order valence-electron chi connectivity index (χ0n) is 10.3. The van der Waals surface area contributed by atoms with E-state index < -0.39 is 5.97 Å². The Hall–Kier alpha value is -0.530. The van der Waals surface area contributed by atoms with Crippen LogP contribution in [0.25, 0.3) is 0 Å².